The van der Waals surface area contributed by atoms with Crippen molar-refractivity contribution >= 4 is 37.5 Å². The molecule has 0 aliphatic carbocycles. The van der Waals surface area contributed by atoms with Crippen molar-refractivity contribution in [2.45, 2.75) is 11.8 Å². The minimum atomic E-state index is -3.69. The fourth-order valence-electron chi connectivity index (χ4n) is 1.81. The molecule has 0 heterocycles. The Labute approximate surface area is 137 Å². The van der Waals surface area contributed by atoms with Crippen LogP contribution >= 0.6 is 15.9 Å². The normalized spacial score (nSPS) is 11.0. The Hall–Kier alpha value is -1.86. The number of halogens is 1. The van der Waals surface area contributed by atoms with E-state index in [4.69, 9.17) is 0 Å². The summed E-state index contributed by atoms with van der Waals surface area (Å²) in [4.78, 5) is 11.9. The largest absolute Gasteiger partial charge is 0.352 e. The summed E-state index contributed by atoms with van der Waals surface area (Å²) in [5.74, 6) is -0.243. The number of rotatable bonds is 5. The van der Waals surface area contributed by atoms with Crippen molar-refractivity contribution in [3.63, 3.8) is 0 Å². The lowest BCUT2D eigenvalue weighted by Crippen LogP contribution is -2.22. The molecule has 0 saturated heterocycles. The fourth-order valence-corrected chi connectivity index (χ4v) is 3.13. The van der Waals surface area contributed by atoms with Gasteiger partial charge in [-0.1, -0.05) is 22.0 Å². The van der Waals surface area contributed by atoms with Crippen molar-refractivity contribution in [3.05, 3.63) is 58.6 Å². The molecule has 0 spiro atoms. The second-order valence-corrected chi connectivity index (χ2v) is 7.10. The maximum absolute atomic E-state index is 12.3. The highest BCUT2D eigenvalue weighted by molar-refractivity contribution is 9.10. The minimum absolute atomic E-state index is 0.152. The summed E-state index contributed by atoms with van der Waals surface area (Å²) >= 11 is 3.26. The fraction of sp³-hybridized carbons (Fsp3) is 0.133. The third kappa shape index (κ3) is 4.08. The van der Waals surface area contributed by atoms with Crippen LogP contribution in [0.15, 0.2) is 57.9 Å². The topological polar surface area (TPSA) is 75.3 Å². The van der Waals surface area contributed by atoms with Gasteiger partial charge in [-0.3, -0.25) is 9.52 Å². The van der Waals surface area contributed by atoms with E-state index in [1.807, 2.05) is 6.92 Å². The molecule has 1 amide bonds. The van der Waals surface area contributed by atoms with Gasteiger partial charge in [-0.05, 0) is 49.4 Å². The quantitative estimate of drug-likeness (QED) is 0.834. The first-order chi connectivity index (χ1) is 10.4. The molecule has 2 rings (SSSR count). The number of amides is 1. The van der Waals surface area contributed by atoms with Crippen LogP contribution in [0.3, 0.4) is 0 Å². The van der Waals surface area contributed by atoms with Crippen LogP contribution in [-0.2, 0) is 10.0 Å². The summed E-state index contributed by atoms with van der Waals surface area (Å²) < 4.78 is 27.8. The standard InChI is InChI=1S/C15H15BrN2O3S/c1-2-17-15(19)11-4-3-5-13(10-11)18-22(20,21)14-8-6-12(16)7-9-14/h3-10,18H,2H2,1H3,(H,17,19). The second-order valence-electron chi connectivity index (χ2n) is 4.50. The molecule has 0 saturated carbocycles. The highest BCUT2D eigenvalue weighted by Crippen LogP contribution is 2.19. The van der Waals surface area contributed by atoms with Gasteiger partial charge < -0.3 is 5.32 Å². The number of carbonyl (C=O) groups is 1. The number of carbonyl (C=O) groups excluding carboxylic acids is 1. The summed E-state index contributed by atoms with van der Waals surface area (Å²) in [5.41, 5.74) is 0.740. The molecule has 22 heavy (non-hydrogen) atoms. The first-order valence-corrected chi connectivity index (χ1v) is 8.86. The Morgan fingerprint density at radius 2 is 1.82 bits per heavy atom. The Balaban J connectivity index is 2.24. The van der Waals surface area contributed by atoms with Crippen LogP contribution in [0.1, 0.15) is 17.3 Å². The van der Waals surface area contributed by atoms with Gasteiger partial charge in [0.1, 0.15) is 0 Å². The van der Waals surface area contributed by atoms with E-state index in [0.29, 0.717) is 17.8 Å². The zero-order valence-corrected chi connectivity index (χ0v) is 14.2. The Bertz CT molecular complexity index is 774. The third-order valence-corrected chi connectivity index (χ3v) is 4.76. The van der Waals surface area contributed by atoms with Crippen LogP contribution < -0.4 is 10.0 Å². The molecule has 2 aromatic rings. The predicted molar refractivity (Wildman–Crippen MR) is 89.4 cm³/mol. The number of sulfonamides is 1. The average molecular weight is 383 g/mol. The van der Waals surface area contributed by atoms with E-state index >= 15 is 0 Å². The van der Waals surface area contributed by atoms with Gasteiger partial charge in [0.2, 0.25) is 0 Å². The molecular weight excluding hydrogens is 368 g/mol. The lowest BCUT2D eigenvalue weighted by Gasteiger charge is -2.09. The van der Waals surface area contributed by atoms with Gasteiger partial charge in [0.15, 0.2) is 0 Å². The van der Waals surface area contributed by atoms with Crippen LogP contribution in [0, 0.1) is 0 Å². The van der Waals surface area contributed by atoms with E-state index in [1.165, 1.54) is 18.2 Å². The third-order valence-electron chi connectivity index (χ3n) is 2.84. The number of anilines is 1. The van der Waals surface area contributed by atoms with E-state index in [9.17, 15) is 13.2 Å². The highest BCUT2D eigenvalue weighted by atomic mass is 79.9. The minimum Gasteiger partial charge on any atom is -0.352 e. The summed E-state index contributed by atoms with van der Waals surface area (Å²) in [5, 5.41) is 2.67. The zero-order chi connectivity index (χ0) is 16.2. The molecule has 2 N–H and O–H groups in total. The lowest BCUT2D eigenvalue weighted by atomic mass is 10.2. The maximum atomic E-state index is 12.3. The summed E-state index contributed by atoms with van der Waals surface area (Å²) in [6.07, 6.45) is 0. The molecule has 5 nitrogen and oxygen atoms in total. The van der Waals surface area contributed by atoms with Gasteiger partial charge in [0, 0.05) is 22.3 Å². The predicted octanol–water partition coefficient (Wildman–Crippen LogP) is 3.00. The monoisotopic (exact) mass is 382 g/mol. The SMILES string of the molecule is CCNC(=O)c1cccc(NS(=O)(=O)c2ccc(Br)cc2)c1. The molecule has 0 fully saturated rings. The highest BCUT2D eigenvalue weighted by Gasteiger charge is 2.14. The van der Waals surface area contributed by atoms with Crippen LogP contribution in [0.25, 0.3) is 0 Å². The molecule has 7 heteroatoms. The van der Waals surface area contributed by atoms with E-state index in [-0.39, 0.29) is 10.8 Å². The Morgan fingerprint density at radius 1 is 1.14 bits per heavy atom. The van der Waals surface area contributed by atoms with Crippen LogP contribution in [-0.4, -0.2) is 20.9 Å². The van der Waals surface area contributed by atoms with Gasteiger partial charge >= 0.3 is 0 Å². The molecule has 116 valence electrons. The van der Waals surface area contributed by atoms with Gasteiger partial charge in [-0.2, -0.15) is 0 Å². The van der Waals surface area contributed by atoms with Crippen molar-refractivity contribution in [2.75, 3.05) is 11.3 Å². The maximum Gasteiger partial charge on any atom is 0.261 e. The van der Waals surface area contributed by atoms with E-state index in [2.05, 4.69) is 26.0 Å². The van der Waals surface area contributed by atoms with Crippen LogP contribution in [0.2, 0.25) is 0 Å². The average Bonchev–Trinajstić information content (AvgIpc) is 2.48. The Kier molecular flexibility index (Phi) is 5.20. The van der Waals surface area contributed by atoms with E-state index < -0.39 is 10.0 Å². The number of hydrogen-bond donors (Lipinski definition) is 2. The summed E-state index contributed by atoms with van der Waals surface area (Å²) in [6, 6.07) is 12.7. The number of benzene rings is 2. The molecule has 2 aromatic carbocycles. The second kappa shape index (κ2) is 6.93. The summed E-state index contributed by atoms with van der Waals surface area (Å²) in [7, 11) is -3.69. The van der Waals surface area contributed by atoms with E-state index in [0.717, 1.165) is 4.47 Å². The van der Waals surface area contributed by atoms with Gasteiger partial charge in [-0.15, -0.1) is 0 Å². The smallest absolute Gasteiger partial charge is 0.261 e. The molecular formula is C15H15BrN2O3S. The van der Waals surface area contributed by atoms with E-state index in [1.54, 1.807) is 30.3 Å². The van der Waals surface area contributed by atoms with Gasteiger partial charge in [-0.25, -0.2) is 8.42 Å². The molecule has 0 radical (unpaired) electrons. The first-order valence-electron chi connectivity index (χ1n) is 6.59. The van der Waals surface area contributed by atoms with Crippen LogP contribution in [0.4, 0.5) is 5.69 Å². The summed E-state index contributed by atoms with van der Waals surface area (Å²) in [6.45, 7) is 2.33. The van der Waals surface area contributed by atoms with Crippen LogP contribution in [0.5, 0.6) is 0 Å². The van der Waals surface area contributed by atoms with Crippen molar-refractivity contribution < 1.29 is 13.2 Å². The van der Waals surface area contributed by atoms with Gasteiger partial charge in [0.25, 0.3) is 15.9 Å². The molecule has 0 aliphatic heterocycles. The zero-order valence-electron chi connectivity index (χ0n) is 11.8. The molecule has 0 aliphatic rings. The number of hydrogen-bond acceptors (Lipinski definition) is 3. The first kappa shape index (κ1) is 16.5. The van der Waals surface area contributed by atoms with Gasteiger partial charge in [0.05, 0.1) is 4.90 Å². The number of nitrogens with one attached hydrogen (secondary N) is 2. The molecule has 0 aromatic heterocycles. The molecule has 0 atom stereocenters. The lowest BCUT2D eigenvalue weighted by molar-refractivity contribution is 0.0956. The van der Waals surface area contributed by atoms with Crippen molar-refractivity contribution in [3.8, 4) is 0 Å². The van der Waals surface area contributed by atoms with Crippen molar-refractivity contribution in [1.29, 1.82) is 0 Å². The van der Waals surface area contributed by atoms with Crippen molar-refractivity contribution in [2.24, 2.45) is 0 Å². The van der Waals surface area contributed by atoms with Crippen molar-refractivity contribution in [1.82, 2.24) is 5.32 Å². The Morgan fingerprint density at radius 3 is 2.45 bits per heavy atom. The molecule has 0 bridgehead atoms. The molecule has 0 unspecified atom stereocenters.